The zero-order chi connectivity index (χ0) is 8.81. The van der Waals surface area contributed by atoms with E-state index in [2.05, 4.69) is 0 Å². The van der Waals surface area contributed by atoms with Gasteiger partial charge in [-0.15, -0.1) is 0 Å². The molecule has 0 bridgehead atoms. The first kappa shape index (κ1) is 9.59. The Kier molecular flexibility index (Phi) is 4.15. The number of carbonyl (C=O) groups excluding carboxylic acids is 1. The zero-order valence-electron chi connectivity index (χ0n) is 7.01. The lowest BCUT2D eigenvalue weighted by molar-refractivity contribution is 0.198. The fourth-order valence-electron chi connectivity index (χ4n) is 1.36. The van der Waals surface area contributed by atoms with Crippen molar-refractivity contribution in [2.45, 2.75) is 38.5 Å². The summed E-state index contributed by atoms with van der Waals surface area (Å²) in [6, 6.07) is 0. The Labute approximate surface area is 77.5 Å². The van der Waals surface area contributed by atoms with E-state index in [9.17, 15) is 4.79 Å². The van der Waals surface area contributed by atoms with Crippen LogP contribution in [0.2, 0.25) is 0 Å². The van der Waals surface area contributed by atoms with Gasteiger partial charge in [-0.3, -0.25) is 0 Å². The SMILES string of the molecule is O=C(Cl)O/C1=C/CCCCCC1. The van der Waals surface area contributed by atoms with E-state index < -0.39 is 5.43 Å². The van der Waals surface area contributed by atoms with E-state index in [4.69, 9.17) is 16.3 Å². The predicted molar refractivity (Wildman–Crippen MR) is 48.1 cm³/mol. The van der Waals surface area contributed by atoms with Gasteiger partial charge >= 0.3 is 5.43 Å². The topological polar surface area (TPSA) is 26.3 Å². The van der Waals surface area contributed by atoms with Crippen molar-refractivity contribution >= 4 is 17.0 Å². The maximum absolute atomic E-state index is 10.4. The highest BCUT2D eigenvalue weighted by atomic mass is 35.5. The third-order valence-corrected chi connectivity index (χ3v) is 2.04. The molecule has 0 fully saturated rings. The normalized spacial score (nSPS) is 23.2. The largest absolute Gasteiger partial charge is 0.419 e. The molecule has 0 spiro atoms. The van der Waals surface area contributed by atoms with Crippen LogP contribution in [0.15, 0.2) is 11.8 Å². The van der Waals surface area contributed by atoms with Gasteiger partial charge in [0.25, 0.3) is 0 Å². The molecule has 0 atom stereocenters. The Bertz CT molecular complexity index is 187. The van der Waals surface area contributed by atoms with Crippen LogP contribution in [0.3, 0.4) is 0 Å². The highest BCUT2D eigenvalue weighted by Crippen LogP contribution is 2.18. The molecule has 3 heteroatoms. The van der Waals surface area contributed by atoms with E-state index >= 15 is 0 Å². The second kappa shape index (κ2) is 5.20. The minimum atomic E-state index is -0.721. The van der Waals surface area contributed by atoms with Crippen LogP contribution >= 0.6 is 11.6 Å². The van der Waals surface area contributed by atoms with Crippen LogP contribution < -0.4 is 0 Å². The van der Waals surface area contributed by atoms with E-state index in [0.29, 0.717) is 0 Å². The van der Waals surface area contributed by atoms with Crippen molar-refractivity contribution < 1.29 is 9.53 Å². The molecular weight excluding hydrogens is 176 g/mol. The second-order valence-electron chi connectivity index (χ2n) is 2.96. The first-order chi connectivity index (χ1) is 5.79. The van der Waals surface area contributed by atoms with Crippen LogP contribution in [0.5, 0.6) is 0 Å². The number of halogens is 1. The predicted octanol–water partition coefficient (Wildman–Crippen LogP) is 3.60. The molecule has 0 aromatic carbocycles. The van der Waals surface area contributed by atoms with Gasteiger partial charge in [0.2, 0.25) is 0 Å². The van der Waals surface area contributed by atoms with Crippen molar-refractivity contribution in [3.8, 4) is 0 Å². The van der Waals surface area contributed by atoms with Crippen LogP contribution in [0.25, 0.3) is 0 Å². The van der Waals surface area contributed by atoms with Crippen molar-refractivity contribution in [1.82, 2.24) is 0 Å². The van der Waals surface area contributed by atoms with Gasteiger partial charge in [0.15, 0.2) is 0 Å². The fourth-order valence-corrected chi connectivity index (χ4v) is 1.46. The van der Waals surface area contributed by atoms with E-state index in [1.54, 1.807) is 0 Å². The minimum Gasteiger partial charge on any atom is -0.419 e. The summed E-state index contributed by atoms with van der Waals surface area (Å²) in [4.78, 5) is 10.4. The first-order valence-corrected chi connectivity index (χ1v) is 4.73. The van der Waals surface area contributed by atoms with Crippen LogP contribution in [-0.4, -0.2) is 5.43 Å². The van der Waals surface area contributed by atoms with Gasteiger partial charge in [-0.1, -0.05) is 12.8 Å². The monoisotopic (exact) mass is 188 g/mol. The van der Waals surface area contributed by atoms with E-state index in [0.717, 1.165) is 25.0 Å². The molecule has 1 rings (SSSR count). The summed E-state index contributed by atoms with van der Waals surface area (Å²) in [5.74, 6) is 0.745. The Hall–Kier alpha value is -0.500. The molecule has 2 nitrogen and oxygen atoms in total. The average molecular weight is 189 g/mol. The smallest absolute Gasteiger partial charge is 0.408 e. The maximum Gasteiger partial charge on any atom is 0.408 e. The Morgan fingerprint density at radius 3 is 2.83 bits per heavy atom. The van der Waals surface area contributed by atoms with Gasteiger partial charge in [0.05, 0.1) is 0 Å². The summed E-state index contributed by atoms with van der Waals surface area (Å²) >= 11 is 5.10. The highest BCUT2D eigenvalue weighted by Gasteiger charge is 2.05. The average Bonchev–Trinajstić information content (AvgIpc) is 1.93. The number of hydrogen-bond donors (Lipinski definition) is 0. The third-order valence-electron chi connectivity index (χ3n) is 1.96. The lowest BCUT2D eigenvalue weighted by Crippen LogP contribution is -1.97. The quantitative estimate of drug-likeness (QED) is 0.588. The van der Waals surface area contributed by atoms with Crippen LogP contribution in [0.4, 0.5) is 4.79 Å². The van der Waals surface area contributed by atoms with E-state index in [-0.39, 0.29) is 0 Å². The molecule has 0 aromatic rings. The molecule has 0 radical (unpaired) electrons. The van der Waals surface area contributed by atoms with Gasteiger partial charge in [0, 0.05) is 18.0 Å². The third kappa shape index (κ3) is 3.77. The molecule has 0 heterocycles. The maximum atomic E-state index is 10.4. The molecule has 1 aliphatic rings. The van der Waals surface area contributed by atoms with Gasteiger partial charge in [-0.2, -0.15) is 0 Å². The summed E-state index contributed by atoms with van der Waals surface area (Å²) in [5.41, 5.74) is -0.721. The molecule has 12 heavy (non-hydrogen) atoms. The van der Waals surface area contributed by atoms with Crippen LogP contribution in [-0.2, 0) is 4.74 Å². The summed E-state index contributed by atoms with van der Waals surface area (Å²) in [5, 5.41) is 0. The summed E-state index contributed by atoms with van der Waals surface area (Å²) in [7, 11) is 0. The summed E-state index contributed by atoms with van der Waals surface area (Å²) in [6.45, 7) is 0. The molecule has 1 aliphatic carbocycles. The molecule has 0 amide bonds. The fraction of sp³-hybridized carbons (Fsp3) is 0.667. The van der Waals surface area contributed by atoms with Crippen molar-refractivity contribution in [2.75, 3.05) is 0 Å². The first-order valence-electron chi connectivity index (χ1n) is 4.35. The lowest BCUT2D eigenvalue weighted by Gasteiger charge is -2.09. The number of ether oxygens (including phenoxy) is 1. The number of hydrogen-bond acceptors (Lipinski definition) is 2. The van der Waals surface area contributed by atoms with Gasteiger partial charge < -0.3 is 4.74 Å². The van der Waals surface area contributed by atoms with Crippen LogP contribution in [0, 0.1) is 0 Å². The molecule has 0 unspecified atom stereocenters. The Morgan fingerprint density at radius 1 is 1.33 bits per heavy atom. The minimum absolute atomic E-state index is 0.721. The van der Waals surface area contributed by atoms with E-state index in [1.165, 1.54) is 19.3 Å². The Balaban J connectivity index is 2.41. The molecule has 0 aromatic heterocycles. The van der Waals surface area contributed by atoms with Gasteiger partial charge in [0.1, 0.15) is 5.76 Å². The molecule has 68 valence electrons. The van der Waals surface area contributed by atoms with Crippen molar-refractivity contribution in [3.05, 3.63) is 11.8 Å². The van der Waals surface area contributed by atoms with Crippen molar-refractivity contribution in [3.63, 3.8) is 0 Å². The summed E-state index contributed by atoms with van der Waals surface area (Å²) in [6.07, 6.45) is 8.59. The Morgan fingerprint density at radius 2 is 2.08 bits per heavy atom. The summed E-state index contributed by atoms with van der Waals surface area (Å²) < 4.78 is 4.81. The highest BCUT2D eigenvalue weighted by molar-refractivity contribution is 6.61. The number of rotatable bonds is 1. The van der Waals surface area contributed by atoms with Gasteiger partial charge in [-0.05, 0) is 25.3 Å². The standard InChI is InChI=1S/C9H13ClO2/c10-9(11)12-8-6-4-2-1-3-5-7-8/h6H,1-5,7H2/b8-6+. The molecule has 0 saturated carbocycles. The van der Waals surface area contributed by atoms with Gasteiger partial charge in [-0.25, -0.2) is 4.79 Å². The molecule has 0 aliphatic heterocycles. The van der Waals surface area contributed by atoms with Crippen LogP contribution in [0.1, 0.15) is 38.5 Å². The second-order valence-corrected chi connectivity index (χ2v) is 3.27. The molecule has 0 saturated heterocycles. The number of carbonyl (C=O) groups is 1. The van der Waals surface area contributed by atoms with Crippen molar-refractivity contribution in [1.29, 1.82) is 0 Å². The zero-order valence-corrected chi connectivity index (χ0v) is 7.77. The number of allylic oxidation sites excluding steroid dienone is 2. The lowest BCUT2D eigenvalue weighted by atomic mass is 10.1. The van der Waals surface area contributed by atoms with E-state index in [1.807, 2.05) is 6.08 Å². The van der Waals surface area contributed by atoms with Crippen molar-refractivity contribution in [2.24, 2.45) is 0 Å². The molecular formula is C9H13ClO2. The molecule has 0 N–H and O–H groups in total.